The molecule has 4 rings (SSSR count). The third-order valence-corrected chi connectivity index (χ3v) is 6.56. The monoisotopic (exact) mass is 462 g/mol. The first-order valence-corrected chi connectivity index (χ1v) is 12.3. The first-order chi connectivity index (χ1) is 16.5. The Morgan fingerprint density at radius 1 is 1.03 bits per heavy atom. The highest BCUT2D eigenvalue weighted by Crippen LogP contribution is 2.38. The molecule has 2 aromatic carbocycles. The molecule has 1 aliphatic rings. The van der Waals surface area contributed by atoms with Crippen molar-refractivity contribution in [1.29, 1.82) is 0 Å². The predicted octanol–water partition coefficient (Wildman–Crippen LogP) is 5.17. The molecular formula is C28H34N2O4. The fourth-order valence-corrected chi connectivity index (χ4v) is 4.68. The zero-order chi connectivity index (χ0) is 24.2. The van der Waals surface area contributed by atoms with Crippen LogP contribution in [0.25, 0.3) is 11.0 Å². The Balaban J connectivity index is 1.75. The zero-order valence-corrected chi connectivity index (χ0v) is 20.6. The van der Waals surface area contributed by atoms with Crippen LogP contribution in [0, 0.1) is 6.92 Å². The number of carbonyl (C=O) groups excluding carboxylic acids is 1. The second-order valence-corrected chi connectivity index (χ2v) is 8.87. The van der Waals surface area contributed by atoms with Crippen LogP contribution in [0.5, 0.6) is 5.75 Å². The van der Waals surface area contributed by atoms with Crippen LogP contribution in [-0.4, -0.2) is 48.5 Å². The smallest absolute Gasteiger partial charge is 0.290 e. The van der Waals surface area contributed by atoms with E-state index in [1.54, 1.807) is 11.0 Å². The molecule has 0 saturated heterocycles. The molecule has 180 valence electrons. The molecule has 0 bridgehead atoms. The average Bonchev–Trinajstić information content (AvgIpc) is 3.13. The molecule has 1 aliphatic heterocycles. The average molecular weight is 463 g/mol. The van der Waals surface area contributed by atoms with Gasteiger partial charge in [-0.1, -0.05) is 44.5 Å². The third-order valence-electron chi connectivity index (χ3n) is 6.56. The molecule has 0 spiro atoms. The van der Waals surface area contributed by atoms with E-state index in [1.807, 2.05) is 43.3 Å². The molecule has 0 unspecified atom stereocenters. The van der Waals surface area contributed by atoms with Crippen LogP contribution in [0.15, 0.2) is 51.7 Å². The molecule has 0 saturated carbocycles. The molecule has 0 fully saturated rings. The number of ether oxygens (including phenoxy) is 1. The SMILES string of the molecule is CCCOc1ccc([C@@H]2c3c(oc4ccc(C)cc4c3=O)C(=O)N2CCCN(CC)CC)cc1. The minimum absolute atomic E-state index is 0.129. The van der Waals surface area contributed by atoms with E-state index in [1.165, 1.54) is 0 Å². The van der Waals surface area contributed by atoms with Gasteiger partial charge in [-0.2, -0.15) is 0 Å². The van der Waals surface area contributed by atoms with Crippen LogP contribution in [-0.2, 0) is 0 Å². The van der Waals surface area contributed by atoms with Gasteiger partial charge in [0.1, 0.15) is 11.3 Å². The van der Waals surface area contributed by atoms with Gasteiger partial charge in [-0.25, -0.2) is 0 Å². The van der Waals surface area contributed by atoms with E-state index in [0.29, 0.717) is 29.7 Å². The van der Waals surface area contributed by atoms with Gasteiger partial charge in [-0.3, -0.25) is 9.59 Å². The van der Waals surface area contributed by atoms with Gasteiger partial charge >= 0.3 is 0 Å². The fourth-order valence-electron chi connectivity index (χ4n) is 4.68. The number of hydrogen-bond acceptors (Lipinski definition) is 5. The maximum absolute atomic E-state index is 13.7. The Morgan fingerprint density at radius 3 is 2.44 bits per heavy atom. The number of benzene rings is 2. The topological polar surface area (TPSA) is 63.0 Å². The number of fused-ring (bicyclic) bond motifs is 2. The van der Waals surface area contributed by atoms with Gasteiger partial charge in [0.15, 0.2) is 5.43 Å². The highest BCUT2D eigenvalue weighted by atomic mass is 16.5. The van der Waals surface area contributed by atoms with E-state index in [-0.39, 0.29) is 17.1 Å². The van der Waals surface area contributed by atoms with Crippen LogP contribution in [0.1, 0.15) is 66.9 Å². The lowest BCUT2D eigenvalue weighted by Gasteiger charge is -2.26. The summed E-state index contributed by atoms with van der Waals surface area (Å²) in [5.74, 6) is 0.732. The molecule has 0 radical (unpaired) electrons. The summed E-state index contributed by atoms with van der Waals surface area (Å²) >= 11 is 0. The van der Waals surface area contributed by atoms with Crippen molar-refractivity contribution in [1.82, 2.24) is 9.80 Å². The number of nitrogens with zero attached hydrogens (tertiary/aromatic N) is 2. The van der Waals surface area contributed by atoms with Crippen molar-refractivity contribution in [2.75, 3.05) is 32.8 Å². The van der Waals surface area contributed by atoms with Crippen molar-refractivity contribution in [3.63, 3.8) is 0 Å². The van der Waals surface area contributed by atoms with E-state index >= 15 is 0 Å². The summed E-state index contributed by atoms with van der Waals surface area (Å²) in [4.78, 5) is 31.3. The fraction of sp³-hybridized carbons (Fsp3) is 0.429. The predicted molar refractivity (Wildman–Crippen MR) is 135 cm³/mol. The quantitative estimate of drug-likeness (QED) is 0.416. The molecule has 6 heteroatoms. The number of rotatable bonds is 10. The summed E-state index contributed by atoms with van der Waals surface area (Å²) in [7, 11) is 0. The molecule has 0 aliphatic carbocycles. The summed E-state index contributed by atoms with van der Waals surface area (Å²) in [5.41, 5.74) is 2.63. The van der Waals surface area contributed by atoms with Crippen LogP contribution in [0.2, 0.25) is 0 Å². The second kappa shape index (κ2) is 10.4. The van der Waals surface area contributed by atoms with Gasteiger partial charge in [-0.15, -0.1) is 0 Å². The number of amides is 1. The molecule has 3 aromatic rings. The van der Waals surface area contributed by atoms with Gasteiger partial charge in [-0.05, 0) is 69.2 Å². The standard InChI is InChI=1S/C28H34N2O4/c1-5-17-33-21-12-10-20(11-13-21)25-24-26(31)22-18-19(4)9-14-23(22)34-27(24)28(32)30(25)16-8-15-29(6-2)7-3/h9-14,18,25H,5-8,15-17H2,1-4H3/t25-/m1/s1. The maximum Gasteiger partial charge on any atom is 0.290 e. The molecule has 34 heavy (non-hydrogen) atoms. The van der Waals surface area contributed by atoms with E-state index in [4.69, 9.17) is 9.15 Å². The molecular weight excluding hydrogens is 428 g/mol. The van der Waals surface area contributed by atoms with E-state index in [9.17, 15) is 9.59 Å². The second-order valence-electron chi connectivity index (χ2n) is 8.87. The Bertz CT molecular complexity index is 1210. The molecule has 1 atom stereocenters. The van der Waals surface area contributed by atoms with Gasteiger partial charge in [0.25, 0.3) is 5.91 Å². The lowest BCUT2D eigenvalue weighted by Crippen LogP contribution is -2.33. The van der Waals surface area contributed by atoms with Crippen molar-refractivity contribution < 1.29 is 13.9 Å². The largest absolute Gasteiger partial charge is 0.494 e. The Morgan fingerprint density at radius 2 is 1.76 bits per heavy atom. The number of hydrogen-bond donors (Lipinski definition) is 0. The maximum atomic E-state index is 13.7. The summed E-state index contributed by atoms with van der Waals surface area (Å²) in [6.07, 6.45) is 1.75. The van der Waals surface area contributed by atoms with E-state index in [0.717, 1.165) is 49.4 Å². The lowest BCUT2D eigenvalue weighted by molar-refractivity contribution is 0.0720. The van der Waals surface area contributed by atoms with Gasteiger partial charge in [0.05, 0.1) is 23.6 Å². The molecule has 6 nitrogen and oxygen atoms in total. The van der Waals surface area contributed by atoms with E-state index < -0.39 is 6.04 Å². The van der Waals surface area contributed by atoms with Crippen LogP contribution in [0.3, 0.4) is 0 Å². The number of aryl methyl sites for hydroxylation is 1. The van der Waals surface area contributed by atoms with Crippen LogP contribution < -0.4 is 10.2 Å². The molecule has 1 amide bonds. The lowest BCUT2D eigenvalue weighted by atomic mass is 9.98. The van der Waals surface area contributed by atoms with Gasteiger partial charge in [0, 0.05) is 6.54 Å². The van der Waals surface area contributed by atoms with E-state index in [2.05, 4.69) is 25.7 Å². The first kappa shape index (κ1) is 24.0. The number of carbonyl (C=O) groups is 1. The van der Waals surface area contributed by atoms with Crippen molar-refractivity contribution >= 4 is 16.9 Å². The summed E-state index contributed by atoms with van der Waals surface area (Å²) in [5, 5.41) is 0.518. The Labute approximate surface area is 201 Å². The highest BCUT2D eigenvalue weighted by Gasteiger charge is 2.42. The minimum Gasteiger partial charge on any atom is -0.494 e. The summed E-state index contributed by atoms with van der Waals surface area (Å²) < 4.78 is 11.8. The third kappa shape index (κ3) is 4.60. The summed E-state index contributed by atoms with van der Waals surface area (Å²) in [6, 6.07) is 12.8. The van der Waals surface area contributed by atoms with Gasteiger partial charge in [0.2, 0.25) is 5.76 Å². The highest BCUT2D eigenvalue weighted by molar-refractivity contribution is 5.99. The van der Waals surface area contributed by atoms with Gasteiger partial charge < -0.3 is 19.0 Å². The molecule has 2 heterocycles. The first-order valence-electron chi connectivity index (χ1n) is 12.3. The summed E-state index contributed by atoms with van der Waals surface area (Å²) in [6.45, 7) is 12.3. The molecule has 0 N–H and O–H groups in total. The Kier molecular flexibility index (Phi) is 7.37. The van der Waals surface area contributed by atoms with Crippen LogP contribution >= 0.6 is 0 Å². The normalized spacial score (nSPS) is 15.4. The minimum atomic E-state index is -0.472. The van der Waals surface area contributed by atoms with Crippen molar-refractivity contribution in [3.05, 3.63) is 75.1 Å². The zero-order valence-electron chi connectivity index (χ0n) is 20.6. The van der Waals surface area contributed by atoms with Crippen molar-refractivity contribution in [2.45, 2.75) is 46.6 Å². The van der Waals surface area contributed by atoms with Crippen LogP contribution in [0.4, 0.5) is 0 Å². The molecule has 1 aromatic heterocycles. The Hall–Kier alpha value is -3.12. The van der Waals surface area contributed by atoms with Crippen molar-refractivity contribution in [3.8, 4) is 5.75 Å². The van der Waals surface area contributed by atoms with Crippen molar-refractivity contribution in [2.24, 2.45) is 0 Å².